The molecule has 2 saturated heterocycles. The van der Waals surface area contributed by atoms with E-state index in [0.29, 0.717) is 12.1 Å². The molecule has 2 aromatic rings. The molecule has 5 heteroatoms. The molecule has 1 aromatic carbocycles. The molecule has 5 rings (SSSR count). The van der Waals surface area contributed by atoms with Gasteiger partial charge < -0.3 is 10.6 Å². The number of hydrogen-bond donors (Lipinski definition) is 2. The van der Waals surface area contributed by atoms with Gasteiger partial charge in [-0.2, -0.15) is 11.3 Å². The third kappa shape index (κ3) is 1.96. The van der Waals surface area contributed by atoms with Gasteiger partial charge in [0.1, 0.15) is 5.66 Å². The molecule has 3 atom stereocenters. The zero-order valence-corrected chi connectivity index (χ0v) is 13.6. The van der Waals surface area contributed by atoms with Crippen molar-refractivity contribution in [2.24, 2.45) is 0 Å². The fraction of sp³-hybridized carbons (Fsp3) is 0.389. The largest absolute Gasteiger partial charge is 0.361 e. The van der Waals surface area contributed by atoms with Crippen LogP contribution in [-0.2, 0) is 6.54 Å². The third-order valence-electron chi connectivity index (χ3n) is 5.58. The van der Waals surface area contributed by atoms with Crippen molar-refractivity contribution in [3.63, 3.8) is 0 Å². The maximum absolute atomic E-state index is 12.6. The molecule has 3 aliphatic heterocycles. The molecule has 1 aromatic heterocycles. The Morgan fingerprint density at radius 3 is 3.00 bits per heavy atom. The van der Waals surface area contributed by atoms with E-state index in [1.165, 1.54) is 12.0 Å². The van der Waals surface area contributed by atoms with E-state index in [2.05, 4.69) is 32.4 Å². The van der Waals surface area contributed by atoms with Crippen LogP contribution in [0.5, 0.6) is 0 Å². The van der Waals surface area contributed by atoms with E-state index in [4.69, 9.17) is 0 Å². The van der Waals surface area contributed by atoms with Gasteiger partial charge in [0, 0.05) is 24.7 Å². The van der Waals surface area contributed by atoms with Crippen molar-refractivity contribution in [2.45, 2.75) is 43.6 Å². The van der Waals surface area contributed by atoms with Gasteiger partial charge in [0.2, 0.25) is 0 Å². The number of anilines is 1. The second-order valence-corrected chi connectivity index (χ2v) is 7.63. The molecule has 3 aliphatic rings. The molecular weight excluding hydrogens is 306 g/mol. The molecule has 118 valence electrons. The first-order chi connectivity index (χ1) is 11.3. The minimum atomic E-state index is -0.301. The molecule has 0 radical (unpaired) electrons. The number of carbonyl (C=O) groups is 1. The van der Waals surface area contributed by atoms with Gasteiger partial charge in [-0.1, -0.05) is 12.1 Å². The fourth-order valence-corrected chi connectivity index (χ4v) is 5.29. The molecule has 1 amide bonds. The molecule has 1 spiro atoms. The minimum absolute atomic E-state index is 0.0578. The zero-order chi connectivity index (χ0) is 15.4. The SMILES string of the molecule is O=C1N[C@]2(C[C@H]3CC[C@@H]2N3Cc2ccsc2)Nc2ccccc21. The van der Waals surface area contributed by atoms with Crippen LogP contribution in [0.4, 0.5) is 5.69 Å². The predicted molar refractivity (Wildman–Crippen MR) is 91.6 cm³/mol. The average Bonchev–Trinajstić information content (AvgIpc) is 3.24. The van der Waals surface area contributed by atoms with Crippen LogP contribution in [0.25, 0.3) is 0 Å². The van der Waals surface area contributed by atoms with Crippen LogP contribution in [0.3, 0.4) is 0 Å². The number of nitrogens with zero attached hydrogens (tertiary/aromatic N) is 1. The Labute approximate surface area is 139 Å². The second kappa shape index (κ2) is 4.82. The van der Waals surface area contributed by atoms with Crippen LogP contribution in [0.2, 0.25) is 0 Å². The maximum atomic E-state index is 12.6. The molecule has 0 unspecified atom stereocenters. The van der Waals surface area contributed by atoms with E-state index in [0.717, 1.165) is 30.6 Å². The first kappa shape index (κ1) is 13.6. The highest BCUT2D eigenvalue weighted by Gasteiger charge is 2.58. The average molecular weight is 325 g/mol. The summed E-state index contributed by atoms with van der Waals surface area (Å²) in [6.45, 7) is 0.986. The maximum Gasteiger partial charge on any atom is 0.255 e. The van der Waals surface area contributed by atoms with Crippen LogP contribution in [0.1, 0.15) is 35.2 Å². The smallest absolute Gasteiger partial charge is 0.255 e. The molecule has 0 saturated carbocycles. The van der Waals surface area contributed by atoms with Crippen LogP contribution >= 0.6 is 11.3 Å². The molecule has 4 heterocycles. The van der Waals surface area contributed by atoms with Gasteiger partial charge in [-0.25, -0.2) is 0 Å². The van der Waals surface area contributed by atoms with Crippen molar-refractivity contribution in [2.75, 3.05) is 5.32 Å². The number of amides is 1. The van der Waals surface area contributed by atoms with Gasteiger partial charge in [-0.3, -0.25) is 9.69 Å². The van der Waals surface area contributed by atoms with Crippen molar-refractivity contribution in [3.05, 3.63) is 52.2 Å². The lowest BCUT2D eigenvalue weighted by Crippen LogP contribution is -2.64. The summed E-state index contributed by atoms with van der Waals surface area (Å²) in [6.07, 6.45) is 3.36. The predicted octanol–water partition coefficient (Wildman–Crippen LogP) is 3.04. The van der Waals surface area contributed by atoms with Crippen molar-refractivity contribution >= 4 is 22.9 Å². The first-order valence-electron chi connectivity index (χ1n) is 8.22. The number of thiophene rings is 1. The second-order valence-electron chi connectivity index (χ2n) is 6.85. The molecule has 2 N–H and O–H groups in total. The summed E-state index contributed by atoms with van der Waals surface area (Å²) in [5.41, 5.74) is 2.81. The Morgan fingerprint density at radius 1 is 1.22 bits per heavy atom. The number of fused-ring (bicyclic) bond motifs is 4. The lowest BCUT2D eigenvalue weighted by molar-refractivity contribution is 0.0870. The van der Waals surface area contributed by atoms with Crippen molar-refractivity contribution in [1.29, 1.82) is 0 Å². The van der Waals surface area contributed by atoms with Gasteiger partial charge in [0.15, 0.2) is 0 Å². The zero-order valence-electron chi connectivity index (χ0n) is 12.8. The normalized spacial score (nSPS) is 31.9. The Morgan fingerprint density at radius 2 is 2.13 bits per heavy atom. The summed E-state index contributed by atoms with van der Waals surface area (Å²) in [5, 5.41) is 11.3. The van der Waals surface area contributed by atoms with E-state index in [-0.39, 0.29) is 11.6 Å². The lowest BCUT2D eigenvalue weighted by atomic mass is 9.86. The highest BCUT2D eigenvalue weighted by atomic mass is 32.1. The Hall–Kier alpha value is -1.85. The topological polar surface area (TPSA) is 44.4 Å². The van der Waals surface area contributed by atoms with Gasteiger partial charge in [0.25, 0.3) is 5.91 Å². The Balaban J connectivity index is 1.47. The first-order valence-corrected chi connectivity index (χ1v) is 9.16. The van der Waals surface area contributed by atoms with Crippen LogP contribution in [0.15, 0.2) is 41.1 Å². The van der Waals surface area contributed by atoms with E-state index in [1.807, 2.05) is 24.3 Å². The van der Waals surface area contributed by atoms with E-state index < -0.39 is 0 Å². The molecule has 4 nitrogen and oxygen atoms in total. The van der Waals surface area contributed by atoms with Crippen LogP contribution in [0, 0.1) is 0 Å². The lowest BCUT2D eigenvalue weighted by Gasteiger charge is -2.43. The molecule has 23 heavy (non-hydrogen) atoms. The van der Waals surface area contributed by atoms with Crippen LogP contribution in [-0.4, -0.2) is 28.6 Å². The van der Waals surface area contributed by atoms with Gasteiger partial charge in [-0.05, 0) is 47.4 Å². The number of nitrogens with one attached hydrogen (secondary N) is 2. The Bertz CT molecular complexity index is 759. The molecule has 2 bridgehead atoms. The summed E-state index contributed by atoms with van der Waals surface area (Å²) in [4.78, 5) is 15.2. The van der Waals surface area contributed by atoms with E-state index in [9.17, 15) is 4.79 Å². The van der Waals surface area contributed by atoms with Gasteiger partial charge in [-0.15, -0.1) is 0 Å². The van der Waals surface area contributed by atoms with E-state index >= 15 is 0 Å². The monoisotopic (exact) mass is 325 g/mol. The van der Waals surface area contributed by atoms with Gasteiger partial charge >= 0.3 is 0 Å². The number of hydrogen-bond acceptors (Lipinski definition) is 4. The standard InChI is InChI=1S/C18H19N3OS/c22-17-14-3-1-2-4-15(14)19-18(20-17)9-13-5-6-16(18)21(13)10-12-7-8-23-11-12/h1-4,7-8,11,13,16,19H,5-6,9-10H2,(H,20,22)/t13-,16+,18+/m1/s1. The van der Waals surface area contributed by atoms with Crippen LogP contribution < -0.4 is 10.6 Å². The third-order valence-corrected chi connectivity index (χ3v) is 6.31. The minimum Gasteiger partial charge on any atom is -0.361 e. The van der Waals surface area contributed by atoms with E-state index in [1.54, 1.807) is 11.3 Å². The molecule has 0 aliphatic carbocycles. The summed E-state index contributed by atoms with van der Waals surface area (Å²) >= 11 is 1.75. The Kier molecular flexibility index (Phi) is 2.85. The number of carbonyl (C=O) groups excluding carboxylic acids is 1. The highest BCUT2D eigenvalue weighted by molar-refractivity contribution is 7.07. The summed E-state index contributed by atoms with van der Waals surface area (Å²) in [7, 11) is 0. The van der Waals surface area contributed by atoms with Crippen molar-refractivity contribution in [3.8, 4) is 0 Å². The quantitative estimate of drug-likeness (QED) is 0.892. The summed E-state index contributed by atoms with van der Waals surface area (Å²) in [5.74, 6) is 0.0578. The summed E-state index contributed by atoms with van der Waals surface area (Å²) in [6, 6.07) is 10.9. The fourth-order valence-electron chi connectivity index (χ4n) is 4.63. The summed E-state index contributed by atoms with van der Waals surface area (Å²) < 4.78 is 0. The number of para-hydroxylation sites is 1. The highest BCUT2D eigenvalue weighted by Crippen LogP contribution is 2.47. The molecule has 2 fully saturated rings. The molecular formula is C18H19N3OS. The number of benzene rings is 1. The van der Waals surface area contributed by atoms with Crippen molar-refractivity contribution in [1.82, 2.24) is 10.2 Å². The van der Waals surface area contributed by atoms with Crippen molar-refractivity contribution < 1.29 is 4.79 Å². The van der Waals surface area contributed by atoms with Gasteiger partial charge in [0.05, 0.1) is 11.6 Å². The number of rotatable bonds is 2.